The molecular formula is C11H16ClNO3. The molecule has 0 aliphatic heterocycles. The number of rotatable bonds is 5. The monoisotopic (exact) mass is 245 g/mol. The van der Waals surface area contributed by atoms with Gasteiger partial charge in [-0.05, 0) is 6.92 Å². The molecule has 0 aromatic heterocycles. The van der Waals surface area contributed by atoms with E-state index in [1.807, 2.05) is 0 Å². The highest BCUT2D eigenvalue weighted by molar-refractivity contribution is 6.32. The lowest BCUT2D eigenvalue weighted by Gasteiger charge is -2.14. The second-order valence-electron chi connectivity index (χ2n) is 3.42. The van der Waals surface area contributed by atoms with Crippen molar-refractivity contribution in [3.63, 3.8) is 0 Å². The van der Waals surface area contributed by atoms with E-state index in [2.05, 4.69) is 5.32 Å². The molecule has 4 nitrogen and oxygen atoms in total. The lowest BCUT2D eigenvalue weighted by molar-refractivity contribution is 0.208. The van der Waals surface area contributed by atoms with Gasteiger partial charge in [-0.2, -0.15) is 0 Å². The van der Waals surface area contributed by atoms with Gasteiger partial charge in [-0.3, -0.25) is 0 Å². The highest BCUT2D eigenvalue weighted by Gasteiger charge is 2.09. The molecule has 0 amide bonds. The third kappa shape index (κ3) is 3.18. The number of aliphatic hydroxyl groups is 1. The molecule has 90 valence electrons. The van der Waals surface area contributed by atoms with Gasteiger partial charge in [-0.25, -0.2) is 0 Å². The van der Waals surface area contributed by atoms with Crippen molar-refractivity contribution in [2.24, 2.45) is 0 Å². The molecule has 1 atom stereocenters. The Hall–Kier alpha value is -1.13. The standard InChI is InChI=1S/C11H16ClNO3/c1-7(14)6-13-9-5-10(15-2)8(12)4-11(9)16-3/h4-5,7,13-14H,6H2,1-3H3/t7-/m1/s1. The fourth-order valence-corrected chi connectivity index (χ4v) is 1.49. The first kappa shape index (κ1) is 12.9. The molecule has 2 N–H and O–H groups in total. The molecule has 0 unspecified atom stereocenters. The average Bonchev–Trinajstić information content (AvgIpc) is 2.26. The molecule has 0 radical (unpaired) electrons. The highest BCUT2D eigenvalue weighted by Crippen LogP contribution is 2.35. The third-order valence-electron chi connectivity index (χ3n) is 2.06. The molecule has 1 aromatic rings. The van der Waals surface area contributed by atoms with E-state index in [9.17, 15) is 5.11 Å². The lowest BCUT2D eigenvalue weighted by Crippen LogP contribution is -2.15. The molecular weight excluding hydrogens is 230 g/mol. The topological polar surface area (TPSA) is 50.7 Å². The number of anilines is 1. The van der Waals surface area contributed by atoms with Crippen LogP contribution >= 0.6 is 11.6 Å². The zero-order valence-corrected chi connectivity index (χ0v) is 10.3. The number of aliphatic hydroxyl groups excluding tert-OH is 1. The fourth-order valence-electron chi connectivity index (χ4n) is 1.26. The van der Waals surface area contributed by atoms with E-state index in [0.717, 1.165) is 5.69 Å². The van der Waals surface area contributed by atoms with E-state index in [-0.39, 0.29) is 0 Å². The Labute approximate surface area is 100 Å². The molecule has 0 aliphatic carbocycles. The van der Waals surface area contributed by atoms with Crippen molar-refractivity contribution in [3.05, 3.63) is 17.2 Å². The highest BCUT2D eigenvalue weighted by atomic mass is 35.5. The predicted molar refractivity (Wildman–Crippen MR) is 64.7 cm³/mol. The summed E-state index contributed by atoms with van der Waals surface area (Å²) in [5, 5.41) is 12.7. The van der Waals surface area contributed by atoms with Crippen molar-refractivity contribution in [2.75, 3.05) is 26.1 Å². The molecule has 0 saturated heterocycles. The Morgan fingerprint density at radius 2 is 1.94 bits per heavy atom. The van der Waals surface area contributed by atoms with E-state index in [4.69, 9.17) is 21.1 Å². The molecule has 0 heterocycles. The summed E-state index contributed by atoms with van der Waals surface area (Å²) in [5.41, 5.74) is 0.740. The van der Waals surface area contributed by atoms with Gasteiger partial charge in [0, 0.05) is 18.7 Å². The molecule has 0 aliphatic rings. The Bertz CT molecular complexity index is 355. The molecule has 1 rings (SSSR count). The van der Waals surface area contributed by atoms with Gasteiger partial charge in [0.15, 0.2) is 0 Å². The Morgan fingerprint density at radius 3 is 2.44 bits per heavy atom. The van der Waals surface area contributed by atoms with E-state index in [0.29, 0.717) is 23.1 Å². The Kier molecular flexibility index (Phi) is 4.71. The van der Waals surface area contributed by atoms with E-state index in [1.54, 1.807) is 33.3 Å². The third-order valence-corrected chi connectivity index (χ3v) is 2.36. The van der Waals surface area contributed by atoms with Crippen LogP contribution in [0.1, 0.15) is 6.92 Å². The summed E-state index contributed by atoms with van der Waals surface area (Å²) in [6, 6.07) is 3.41. The van der Waals surface area contributed by atoms with Gasteiger partial charge in [0.25, 0.3) is 0 Å². The summed E-state index contributed by atoms with van der Waals surface area (Å²) < 4.78 is 10.3. The van der Waals surface area contributed by atoms with Crippen LogP contribution < -0.4 is 14.8 Å². The van der Waals surface area contributed by atoms with E-state index < -0.39 is 6.10 Å². The maximum Gasteiger partial charge on any atom is 0.143 e. The number of hydrogen-bond acceptors (Lipinski definition) is 4. The maximum absolute atomic E-state index is 9.20. The first-order chi connectivity index (χ1) is 7.58. The van der Waals surface area contributed by atoms with Crippen molar-refractivity contribution in [1.29, 1.82) is 0 Å². The largest absolute Gasteiger partial charge is 0.495 e. The summed E-state index contributed by atoms with van der Waals surface area (Å²) in [6.45, 7) is 2.13. The summed E-state index contributed by atoms with van der Waals surface area (Å²) in [7, 11) is 3.11. The summed E-state index contributed by atoms with van der Waals surface area (Å²) in [5.74, 6) is 1.18. The summed E-state index contributed by atoms with van der Waals surface area (Å²) in [4.78, 5) is 0. The minimum absolute atomic E-state index is 0.432. The molecule has 0 fully saturated rings. The van der Waals surface area contributed by atoms with Crippen LogP contribution in [0.25, 0.3) is 0 Å². The van der Waals surface area contributed by atoms with Crippen molar-refractivity contribution < 1.29 is 14.6 Å². The van der Waals surface area contributed by atoms with Gasteiger partial charge in [0.05, 0.1) is 31.0 Å². The maximum atomic E-state index is 9.20. The minimum atomic E-state index is -0.439. The smallest absolute Gasteiger partial charge is 0.143 e. The lowest BCUT2D eigenvalue weighted by atomic mass is 10.2. The first-order valence-corrected chi connectivity index (χ1v) is 5.29. The number of hydrogen-bond donors (Lipinski definition) is 2. The van der Waals surface area contributed by atoms with E-state index in [1.165, 1.54) is 0 Å². The molecule has 0 bridgehead atoms. The summed E-state index contributed by atoms with van der Waals surface area (Å²) >= 11 is 5.96. The zero-order valence-electron chi connectivity index (χ0n) is 9.58. The SMILES string of the molecule is COc1cc(NC[C@@H](C)O)c(OC)cc1Cl. The van der Waals surface area contributed by atoms with Crippen LogP contribution in [0.15, 0.2) is 12.1 Å². The minimum Gasteiger partial charge on any atom is -0.495 e. The molecule has 1 aromatic carbocycles. The van der Waals surface area contributed by atoms with Crippen LogP contribution in [0.5, 0.6) is 11.5 Å². The second kappa shape index (κ2) is 5.82. The second-order valence-corrected chi connectivity index (χ2v) is 3.82. The number of ether oxygens (including phenoxy) is 2. The Morgan fingerprint density at radius 1 is 1.31 bits per heavy atom. The normalized spacial score (nSPS) is 12.1. The van der Waals surface area contributed by atoms with E-state index >= 15 is 0 Å². The molecule has 0 spiro atoms. The number of methoxy groups -OCH3 is 2. The van der Waals surface area contributed by atoms with Crippen LogP contribution in [0.4, 0.5) is 5.69 Å². The van der Waals surface area contributed by atoms with Crippen molar-refractivity contribution >= 4 is 17.3 Å². The van der Waals surface area contributed by atoms with Crippen molar-refractivity contribution in [2.45, 2.75) is 13.0 Å². The zero-order chi connectivity index (χ0) is 12.1. The predicted octanol–water partition coefficient (Wildman–Crippen LogP) is 2.15. The molecule has 0 saturated carbocycles. The quantitative estimate of drug-likeness (QED) is 0.835. The number of nitrogens with one attached hydrogen (secondary N) is 1. The average molecular weight is 246 g/mol. The number of benzene rings is 1. The van der Waals surface area contributed by atoms with Crippen LogP contribution in [-0.2, 0) is 0 Å². The van der Waals surface area contributed by atoms with Gasteiger partial charge < -0.3 is 19.9 Å². The van der Waals surface area contributed by atoms with Crippen LogP contribution in [0.3, 0.4) is 0 Å². The fraction of sp³-hybridized carbons (Fsp3) is 0.455. The van der Waals surface area contributed by atoms with Gasteiger partial charge in [0.1, 0.15) is 11.5 Å². The number of halogens is 1. The first-order valence-electron chi connectivity index (χ1n) is 4.92. The van der Waals surface area contributed by atoms with Crippen LogP contribution in [0.2, 0.25) is 5.02 Å². The van der Waals surface area contributed by atoms with Crippen LogP contribution in [-0.4, -0.2) is 32.0 Å². The summed E-state index contributed by atoms with van der Waals surface area (Å²) in [6.07, 6.45) is -0.439. The van der Waals surface area contributed by atoms with Crippen LogP contribution in [0, 0.1) is 0 Å². The molecule has 5 heteroatoms. The van der Waals surface area contributed by atoms with Crippen molar-refractivity contribution in [1.82, 2.24) is 0 Å². The molecule has 16 heavy (non-hydrogen) atoms. The van der Waals surface area contributed by atoms with Gasteiger partial charge in [-0.1, -0.05) is 11.6 Å². The Balaban J connectivity index is 2.95. The van der Waals surface area contributed by atoms with Gasteiger partial charge in [0.2, 0.25) is 0 Å². The van der Waals surface area contributed by atoms with Gasteiger partial charge in [-0.15, -0.1) is 0 Å². The van der Waals surface area contributed by atoms with Gasteiger partial charge >= 0.3 is 0 Å². The van der Waals surface area contributed by atoms with Crippen molar-refractivity contribution in [3.8, 4) is 11.5 Å².